The van der Waals surface area contributed by atoms with Gasteiger partial charge in [-0.2, -0.15) is 0 Å². The average Bonchev–Trinajstić information content (AvgIpc) is 2.71. The van der Waals surface area contributed by atoms with Gasteiger partial charge >= 0.3 is 0 Å². The topological polar surface area (TPSA) is 46.5 Å². The number of allylic oxidation sites excluding steroid dienone is 3. The molecule has 0 bridgehead atoms. The number of unbranched alkanes of at least 4 members (excludes halogenated alkanes) is 1. The number of fused-ring (bicyclic) bond motifs is 1. The second-order valence-corrected chi connectivity index (χ2v) is 8.72. The molecule has 0 amide bonds. The lowest BCUT2D eigenvalue weighted by atomic mass is 9.80. The summed E-state index contributed by atoms with van der Waals surface area (Å²) in [5.74, 6) is 1.37. The van der Waals surface area contributed by atoms with Crippen molar-refractivity contribution in [3.8, 4) is 0 Å². The molecule has 0 saturated carbocycles. The Bertz CT molecular complexity index is 567. The number of carbonyl (C=O) groups is 1. The third kappa shape index (κ3) is 11.3. The molecule has 1 heterocycles. The lowest BCUT2D eigenvalue weighted by molar-refractivity contribution is -0.119. The van der Waals surface area contributed by atoms with Gasteiger partial charge in [-0.05, 0) is 77.4 Å². The molecule has 2 rings (SSSR count). The van der Waals surface area contributed by atoms with Gasteiger partial charge in [-0.25, -0.2) is 0 Å². The summed E-state index contributed by atoms with van der Waals surface area (Å²) in [4.78, 5) is 11.7. The number of aliphatic hydroxyl groups excluding tert-OH is 1. The SMILES string of the molecule is CC.CC1=CC2OC(CCCCO)C=C(C)C2CC1=O.CCC(C)CCC=C(C)C. The van der Waals surface area contributed by atoms with Crippen LogP contribution in [0.25, 0.3) is 0 Å². The number of aliphatic hydroxyl groups is 1. The lowest BCUT2D eigenvalue weighted by Gasteiger charge is -2.36. The van der Waals surface area contributed by atoms with Gasteiger partial charge in [0.15, 0.2) is 5.78 Å². The molecular weight excluding hydrogens is 372 g/mol. The maximum Gasteiger partial charge on any atom is 0.159 e. The first-order valence-corrected chi connectivity index (χ1v) is 12.1. The molecule has 4 unspecified atom stereocenters. The van der Waals surface area contributed by atoms with Crippen LogP contribution in [0, 0.1) is 11.8 Å². The van der Waals surface area contributed by atoms with Crippen LogP contribution >= 0.6 is 0 Å². The molecule has 4 atom stereocenters. The monoisotopic (exact) mass is 420 g/mol. The highest BCUT2D eigenvalue weighted by molar-refractivity contribution is 5.96. The molecule has 0 aromatic carbocycles. The third-order valence-corrected chi connectivity index (χ3v) is 5.83. The molecule has 0 radical (unpaired) electrons. The molecule has 3 nitrogen and oxygen atoms in total. The molecule has 0 aromatic rings. The van der Waals surface area contributed by atoms with Gasteiger partial charge in [-0.3, -0.25) is 4.79 Å². The fraction of sp³-hybridized carbons (Fsp3) is 0.741. The zero-order chi connectivity index (χ0) is 23.1. The van der Waals surface area contributed by atoms with Crippen molar-refractivity contribution in [2.24, 2.45) is 11.8 Å². The summed E-state index contributed by atoms with van der Waals surface area (Å²) in [7, 11) is 0. The summed E-state index contributed by atoms with van der Waals surface area (Å²) < 4.78 is 6.04. The Labute approximate surface area is 186 Å². The largest absolute Gasteiger partial charge is 0.396 e. The van der Waals surface area contributed by atoms with Gasteiger partial charge in [0.25, 0.3) is 0 Å². The van der Waals surface area contributed by atoms with Crippen LogP contribution in [-0.2, 0) is 9.53 Å². The molecule has 2 aliphatic rings. The number of hydrogen-bond donors (Lipinski definition) is 1. The van der Waals surface area contributed by atoms with Crippen LogP contribution in [0.5, 0.6) is 0 Å². The Kier molecular flexibility index (Phi) is 15.8. The minimum absolute atomic E-state index is 0.0619. The Hall–Kier alpha value is -1.19. The van der Waals surface area contributed by atoms with Crippen LogP contribution in [0.4, 0.5) is 0 Å². The maximum absolute atomic E-state index is 11.7. The van der Waals surface area contributed by atoms with E-state index in [-0.39, 0.29) is 30.5 Å². The quantitative estimate of drug-likeness (QED) is 0.333. The lowest BCUT2D eigenvalue weighted by Crippen LogP contribution is -2.37. The Morgan fingerprint density at radius 2 is 1.90 bits per heavy atom. The Balaban J connectivity index is 0.000000600. The summed E-state index contributed by atoms with van der Waals surface area (Å²) in [5, 5.41) is 8.80. The summed E-state index contributed by atoms with van der Waals surface area (Å²) in [6.45, 7) is 17.1. The van der Waals surface area contributed by atoms with Crippen molar-refractivity contribution in [1.29, 1.82) is 0 Å². The summed E-state index contributed by atoms with van der Waals surface area (Å²) in [5.41, 5.74) is 3.56. The number of ether oxygens (including phenoxy) is 1. The summed E-state index contributed by atoms with van der Waals surface area (Å²) in [6.07, 6.45) is 13.9. The van der Waals surface area contributed by atoms with Crippen molar-refractivity contribution in [3.05, 3.63) is 34.9 Å². The molecule has 1 aliphatic heterocycles. The van der Waals surface area contributed by atoms with Crippen molar-refractivity contribution >= 4 is 5.78 Å². The Morgan fingerprint density at radius 3 is 2.47 bits per heavy atom. The van der Waals surface area contributed by atoms with Gasteiger partial charge in [-0.15, -0.1) is 0 Å². The zero-order valence-corrected chi connectivity index (χ0v) is 21.0. The maximum atomic E-state index is 11.7. The summed E-state index contributed by atoms with van der Waals surface area (Å²) >= 11 is 0. The van der Waals surface area contributed by atoms with E-state index < -0.39 is 0 Å². The van der Waals surface area contributed by atoms with E-state index in [1.807, 2.05) is 26.8 Å². The smallest absolute Gasteiger partial charge is 0.159 e. The van der Waals surface area contributed by atoms with Gasteiger partial charge in [0.05, 0.1) is 12.2 Å². The van der Waals surface area contributed by atoms with Gasteiger partial charge in [0.1, 0.15) is 0 Å². The fourth-order valence-corrected chi connectivity index (χ4v) is 3.61. The van der Waals surface area contributed by atoms with Crippen LogP contribution in [0.1, 0.15) is 100 Å². The van der Waals surface area contributed by atoms with Crippen LogP contribution in [0.15, 0.2) is 34.9 Å². The second-order valence-electron chi connectivity index (χ2n) is 8.72. The van der Waals surface area contributed by atoms with Crippen LogP contribution < -0.4 is 0 Å². The molecule has 0 fully saturated rings. The first-order chi connectivity index (χ1) is 14.3. The highest BCUT2D eigenvalue weighted by atomic mass is 16.5. The fourth-order valence-electron chi connectivity index (χ4n) is 3.61. The first-order valence-electron chi connectivity index (χ1n) is 12.1. The molecule has 1 aliphatic carbocycles. The normalized spacial score (nSPS) is 23.5. The number of rotatable bonds is 8. The zero-order valence-electron chi connectivity index (χ0n) is 21.0. The standard InChI is InChI=1S/C15H22O3.C10H20.C2H6/c1-10-7-12(5-3-4-6-16)18-15-8-11(2)14(17)9-13(10)15;1-5-10(4)8-6-7-9(2)3;1-2/h7-8,12-13,15-16H,3-6,9H2,1-2H3;7,10H,5-6,8H2,1-4H3;1-2H3. The predicted molar refractivity (Wildman–Crippen MR) is 130 cm³/mol. The van der Waals surface area contributed by atoms with E-state index in [1.54, 1.807) is 0 Å². The van der Waals surface area contributed by atoms with Crippen molar-refractivity contribution in [1.82, 2.24) is 0 Å². The van der Waals surface area contributed by atoms with E-state index in [2.05, 4.69) is 46.8 Å². The van der Waals surface area contributed by atoms with Crippen LogP contribution in [-0.4, -0.2) is 29.7 Å². The van der Waals surface area contributed by atoms with Gasteiger partial charge in [0, 0.05) is 18.9 Å². The van der Waals surface area contributed by atoms with Gasteiger partial charge in [0.2, 0.25) is 0 Å². The van der Waals surface area contributed by atoms with Crippen LogP contribution in [0.2, 0.25) is 0 Å². The van der Waals surface area contributed by atoms with E-state index in [4.69, 9.17) is 9.84 Å². The molecule has 30 heavy (non-hydrogen) atoms. The molecule has 0 spiro atoms. The van der Waals surface area contributed by atoms with E-state index in [0.29, 0.717) is 6.42 Å². The third-order valence-electron chi connectivity index (χ3n) is 5.83. The van der Waals surface area contributed by atoms with Crippen molar-refractivity contribution in [2.75, 3.05) is 6.61 Å². The molecule has 1 N–H and O–H groups in total. The number of carbonyl (C=O) groups excluding carboxylic acids is 1. The average molecular weight is 421 g/mol. The van der Waals surface area contributed by atoms with Gasteiger partial charge in [-0.1, -0.05) is 57.4 Å². The van der Waals surface area contributed by atoms with E-state index >= 15 is 0 Å². The number of Topliss-reactive ketones (excluding diaryl/α,β-unsaturated/α-hetero) is 1. The highest BCUT2D eigenvalue weighted by Crippen LogP contribution is 2.35. The van der Waals surface area contributed by atoms with Crippen molar-refractivity contribution < 1.29 is 14.6 Å². The van der Waals surface area contributed by atoms with E-state index in [9.17, 15) is 4.79 Å². The minimum Gasteiger partial charge on any atom is -0.396 e. The predicted octanol–water partition coefficient (Wildman–Crippen LogP) is 7.20. The van der Waals surface area contributed by atoms with Gasteiger partial charge < -0.3 is 9.84 Å². The molecule has 0 saturated heterocycles. The highest BCUT2D eigenvalue weighted by Gasteiger charge is 2.34. The molecule has 0 aromatic heterocycles. The molecular formula is C27H48O3. The molecule has 3 heteroatoms. The van der Waals surface area contributed by atoms with Crippen LogP contribution in [0.3, 0.4) is 0 Å². The first kappa shape index (κ1) is 28.8. The second kappa shape index (κ2) is 16.5. The van der Waals surface area contributed by atoms with E-state index in [0.717, 1.165) is 30.8 Å². The Morgan fingerprint density at radius 1 is 1.23 bits per heavy atom. The molecule has 174 valence electrons. The minimum atomic E-state index is 0.0619. The number of hydrogen-bond acceptors (Lipinski definition) is 3. The van der Waals surface area contributed by atoms with Crippen molar-refractivity contribution in [3.63, 3.8) is 0 Å². The summed E-state index contributed by atoms with van der Waals surface area (Å²) in [6, 6.07) is 0. The van der Waals surface area contributed by atoms with E-state index in [1.165, 1.54) is 30.4 Å². The van der Waals surface area contributed by atoms with Crippen molar-refractivity contribution in [2.45, 2.75) is 113 Å². The number of ketones is 1.